The molecule has 1 amide bonds. The number of amides is 1. The lowest BCUT2D eigenvalue weighted by Gasteiger charge is -2.34. The summed E-state index contributed by atoms with van der Waals surface area (Å²) in [6, 6.07) is 5.50. The molecule has 0 N–H and O–H groups in total. The maximum Gasteiger partial charge on any atom is 0.243 e. The number of sulfonamides is 1. The van der Waals surface area contributed by atoms with Gasteiger partial charge in [-0.1, -0.05) is 47.9 Å². The molecule has 0 radical (unpaired) electrons. The third-order valence-electron chi connectivity index (χ3n) is 5.27. The van der Waals surface area contributed by atoms with Crippen molar-refractivity contribution in [3.8, 4) is 0 Å². The van der Waals surface area contributed by atoms with Crippen LogP contribution in [0.3, 0.4) is 0 Å². The average molecular weight is 485 g/mol. The molecule has 1 aliphatic heterocycles. The van der Waals surface area contributed by atoms with Crippen LogP contribution in [0.25, 0.3) is 0 Å². The predicted octanol–water partition coefficient (Wildman–Crippen LogP) is 2.76. The number of aromatic nitrogens is 2. The molecule has 4 rings (SSSR count). The number of aryl methyl sites for hydroxylation is 2. The molecule has 0 saturated carbocycles. The first-order valence-corrected chi connectivity index (χ1v) is 14.2. The summed E-state index contributed by atoms with van der Waals surface area (Å²) in [5.74, 6) is 1.24. The lowest BCUT2D eigenvalue weighted by atomic mass is 10.1. The minimum Gasteiger partial charge on any atom is -0.339 e. The molecular formula is C19H24N4O3S4. The Balaban J connectivity index is 1.31. The Morgan fingerprint density at radius 1 is 1.07 bits per heavy atom. The Bertz CT molecular complexity index is 1020. The zero-order valence-corrected chi connectivity index (χ0v) is 20.0. The smallest absolute Gasteiger partial charge is 0.243 e. The van der Waals surface area contributed by atoms with Gasteiger partial charge < -0.3 is 4.90 Å². The summed E-state index contributed by atoms with van der Waals surface area (Å²) in [5, 5.41) is 8.20. The Morgan fingerprint density at radius 2 is 1.77 bits per heavy atom. The number of carbonyl (C=O) groups is 1. The van der Waals surface area contributed by atoms with Gasteiger partial charge >= 0.3 is 0 Å². The number of benzene rings is 1. The largest absolute Gasteiger partial charge is 0.339 e. The molecule has 0 unspecified atom stereocenters. The normalized spacial score (nSPS) is 17.3. The Labute approximate surface area is 189 Å². The van der Waals surface area contributed by atoms with Crippen molar-refractivity contribution in [1.29, 1.82) is 0 Å². The highest BCUT2D eigenvalue weighted by Crippen LogP contribution is 2.29. The molecule has 1 aromatic heterocycles. The Morgan fingerprint density at radius 3 is 2.50 bits per heavy atom. The summed E-state index contributed by atoms with van der Waals surface area (Å²) in [4.78, 5) is 14.7. The highest BCUT2D eigenvalue weighted by atomic mass is 32.2. The van der Waals surface area contributed by atoms with Gasteiger partial charge in [0.05, 0.1) is 10.6 Å². The molecule has 2 aromatic rings. The van der Waals surface area contributed by atoms with E-state index in [0.29, 0.717) is 36.8 Å². The van der Waals surface area contributed by atoms with Gasteiger partial charge in [-0.3, -0.25) is 4.79 Å². The van der Waals surface area contributed by atoms with Crippen molar-refractivity contribution < 1.29 is 13.2 Å². The van der Waals surface area contributed by atoms with Crippen LogP contribution in [0.1, 0.15) is 24.5 Å². The van der Waals surface area contributed by atoms with Gasteiger partial charge in [-0.05, 0) is 48.3 Å². The van der Waals surface area contributed by atoms with E-state index in [4.69, 9.17) is 0 Å². The third-order valence-corrected chi connectivity index (χ3v) is 10.2. The van der Waals surface area contributed by atoms with Gasteiger partial charge in [0.15, 0.2) is 8.68 Å². The van der Waals surface area contributed by atoms with Crippen molar-refractivity contribution in [3.63, 3.8) is 0 Å². The first-order valence-electron chi connectivity index (χ1n) is 9.96. The van der Waals surface area contributed by atoms with Crippen molar-refractivity contribution in [2.75, 3.05) is 37.7 Å². The van der Waals surface area contributed by atoms with Crippen molar-refractivity contribution in [2.45, 2.75) is 39.8 Å². The zero-order valence-electron chi connectivity index (χ0n) is 16.7. The topological polar surface area (TPSA) is 83.5 Å². The molecule has 162 valence electrons. The Kier molecular flexibility index (Phi) is 7.03. The van der Waals surface area contributed by atoms with Gasteiger partial charge in [0, 0.05) is 26.2 Å². The van der Waals surface area contributed by atoms with E-state index < -0.39 is 10.0 Å². The third kappa shape index (κ3) is 4.85. The van der Waals surface area contributed by atoms with Gasteiger partial charge in [0.2, 0.25) is 15.9 Å². The summed E-state index contributed by atoms with van der Waals surface area (Å²) in [5.41, 5.74) is 2.41. The van der Waals surface area contributed by atoms with Crippen molar-refractivity contribution in [3.05, 3.63) is 29.3 Å². The number of thioether (sulfide) groups is 2. The molecule has 0 spiro atoms. The first kappa shape index (κ1) is 22.1. The molecule has 0 bridgehead atoms. The first-order chi connectivity index (χ1) is 14.5. The second kappa shape index (κ2) is 9.56. The maximum absolute atomic E-state index is 13.0. The number of carbonyl (C=O) groups excluding carboxylic acids is 1. The van der Waals surface area contributed by atoms with Gasteiger partial charge in [-0.15, -0.1) is 10.2 Å². The van der Waals surface area contributed by atoms with Crippen LogP contribution in [-0.4, -0.2) is 71.4 Å². The fraction of sp³-hybridized carbons (Fsp3) is 0.526. The number of hydrogen-bond acceptors (Lipinski definition) is 8. The van der Waals surface area contributed by atoms with Crippen LogP contribution in [0.5, 0.6) is 0 Å². The Hall–Kier alpha value is -1.14. The van der Waals surface area contributed by atoms with Gasteiger partial charge in [0.25, 0.3) is 0 Å². The molecule has 1 fully saturated rings. The number of piperazine rings is 1. The van der Waals surface area contributed by atoms with Crippen molar-refractivity contribution in [1.82, 2.24) is 19.4 Å². The van der Waals surface area contributed by atoms with Crippen LogP contribution in [0.4, 0.5) is 0 Å². The molecule has 1 aliphatic carbocycles. The molecule has 1 saturated heterocycles. The summed E-state index contributed by atoms with van der Waals surface area (Å²) >= 11 is 4.53. The van der Waals surface area contributed by atoms with Gasteiger partial charge in [-0.25, -0.2) is 8.42 Å². The predicted molar refractivity (Wildman–Crippen MR) is 121 cm³/mol. The molecule has 7 nitrogen and oxygen atoms in total. The van der Waals surface area contributed by atoms with Crippen molar-refractivity contribution in [2.24, 2.45) is 0 Å². The summed E-state index contributed by atoms with van der Waals surface area (Å²) < 4.78 is 29.3. The van der Waals surface area contributed by atoms with E-state index in [2.05, 4.69) is 17.1 Å². The summed E-state index contributed by atoms with van der Waals surface area (Å²) in [6.07, 6.45) is 3.07. The number of hydrogen-bond donors (Lipinski definition) is 0. The minimum atomic E-state index is -3.52. The van der Waals surface area contributed by atoms with Crippen LogP contribution >= 0.6 is 34.9 Å². The fourth-order valence-electron chi connectivity index (χ4n) is 3.69. The van der Waals surface area contributed by atoms with E-state index in [1.54, 1.807) is 22.7 Å². The fourth-order valence-corrected chi connectivity index (χ4v) is 7.98. The van der Waals surface area contributed by atoms with E-state index >= 15 is 0 Å². The second-order valence-corrected chi connectivity index (χ2v) is 12.8. The minimum absolute atomic E-state index is 0.00877. The highest BCUT2D eigenvalue weighted by Gasteiger charge is 2.30. The highest BCUT2D eigenvalue weighted by molar-refractivity contribution is 8.03. The van der Waals surface area contributed by atoms with Gasteiger partial charge in [-0.2, -0.15) is 4.31 Å². The molecule has 1 aromatic carbocycles. The van der Waals surface area contributed by atoms with Crippen molar-refractivity contribution >= 4 is 50.8 Å². The quantitative estimate of drug-likeness (QED) is 0.559. The maximum atomic E-state index is 13.0. The molecular weight excluding hydrogens is 461 g/mol. The number of fused-ring (bicyclic) bond motifs is 1. The lowest BCUT2D eigenvalue weighted by molar-refractivity contribution is -0.129. The molecule has 2 heterocycles. The van der Waals surface area contributed by atoms with E-state index in [1.165, 1.54) is 33.0 Å². The van der Waals surface area contributed by atoms with Crippen LogP contribution < -0.4 is 0 Å². The average Bonchev–Trinajstić information content (AvgIpc) is 3.41. The molecule has 0 atom stereocenters. The lowest BCUT2D eigenvalue weighted by Crippen LogP contribution is -2.50. The molecule has 30 heavy (non-hydrogen) atoms. The number of rotatable bonds is 7. The van der Waals surface area contributed by atoms with E-state index in [9.17, 15) is 13.2 Å². The SMILES string of the molecule is CCSc1nnc(SCC(=O)N2CCN(S(=O)(=O)c3ccc4c(c3)CCC4)CC2)s1. The summed E-state index contributed by atoms with van der Waals surface area (Å²) in [7, 11) is -3.52. The number of nitrogens with zero attached hydrogens (tertiary/aromatic N) is 4. The van der Waals surface area contributed by atoms with E-state index in [-0.39, 0.29) is 5.91 Å². The zero-order chi connectivity index (χ0) is 21.1. The molecule has 2 aliphatic rings. The van der Waals surface area contributed by atoms with E-state index in [0.717, 1.165) is 39.3 Å². The monoisotopic (exact) mass is 484 g/mol. The van der Waals surface area contributed by atoms with Gasteiger partial charge in [0.1, 0.15) is 0 Å². The van der Waals surface area contributed by atoms with Crippen LogP contribution in [0.2, 0.25) is 0 Å². The summed E-state index contributed by atoms with van der Waals surface area (Å²) in [6.45, 7) is 3.54. The van der Waals surface area contributed by atoms with Crippen LogP contribution in [0, 0.1) is 0 Å². The van der Waals surface area contributed by atoms with Crippen LogP contribution in [-0.2, 0) is 27.7 Å². The van der Waals surface area contributed by atoms with E-state index in [1.807, 2.05) is 12.1 Å². The standard InChI is InChI=1S/C19H24N4O3S4/c1-2-27-18-20-21-19(29-18)28-13-17(24)22-8-10-23(11-9-22)30(25,26)16-7-6-14-4-3-5-15(14)12-16/h6-7,12H,2-5,8-11,13H2,1H3. The molecule has 11 heteroatoms. The van der Waals surface area contributed by atoms with Crippen LogP contribution in [0.15, 0.2) is 31.8 Å². The second-order valence-electron chi connectivity index (χ2n) is 7.12.